The SMILES string of the molecule is CCCCOC(=O)c1ccccc1O.[H-].[H-].[Mg+2]. The Morgan fingerprint density at radius 2 is 2.13 bits per heavy atom. The van der Waals surface area contributed by atoms with Gasteiger partial charge in [-0.15, -0.1) is 0 Å². The fraction of sp³-hybridized carbons (Fsp3) is 0.364. The van der Waals surface area contributed by atoms with Crippen LogP contribution in [0.3, 0.4) is 0 Å². The van der Waals surface area contributed by atoms with Crippen LogP contribution in [0.15, 0.2) is 24.3 Å². The van der Waals surface area contributed by atoms with Gasteiger partial charge in [0.2, 0.25) is 0 Å². The Morgan fingerprint density at radius 3 is 2.73 bits per heavy atom. The van der Waals surface area contributed by atoms with Gasteiger partial charge in [0.15, 0.2) is 0 Å². The molecule has 0 amide bonds. The topological polar surface area (TPSA) is 46.5 Å². The number of aromatic hydroxyl groups is 1. The molecular weight excluding hydrogens is 204 g/mol. The molecule has 0 radical (unpaired) electrons. The molecule has 0 bridgehead atoms. The van der Waals surface area contributed by atoms with Gasteiger partial charge in [-0.25, -0.2) is 4.79 Å². The van der Waals surface area contributed by atoms with Crippen LogP contribution in [0.5, 0.6) is 5.75 Å². The number of unbranched alkanes of at least 4 members (excludes halogenated alkanes) is 1. The van der Waals surface area contributed by atoms with Crippen molar-refractivity contribution < 1.29 is 17.5 Å². The molecule has 1 rings (SSSR count). The molecule has 0 unspecified atom stereocenters. The van der Waals surface area contributed by atoms with Crippen LogP contribution in [0, 0.1) is 0 Å². The molecule has 0 atom stereocenters. The second kappa shape index (κ2) is 7.54. The quantitative estimate of drug-likeness (QED) is 0.481. The smallest absolute Gasteiger partial charge is 1.00 e. The van der Waals surface area contributed by atoms with Gasteiger partial charge in [-0.05, 0) is 18.6 Å². The minimum atomic E-state index is -0.462. The Balaban J connectivity index is -0.000000653. The number of carbonyl (C=O) groups excluding carboxylic acids is 1. The number of hydrogen-bond acceptors (Lipinski definition) is 3. The number of rotatable bonds is 4. The molecule has 0 aliphatic carbocycles. The molecule has 0 aromatic heterocycles. The van der Waals surface area contributed by atoms with Gasteiger partial charge in [0.1, 0.15) is 11.3 Å². The molecule has 0 heterocycles. The van der Waals surface area contributed by atoms with E-state index < -0.39 is 5.97 Å². The minimum absolute atomic E-state index is 0. The zero-order valence-corrected chi connectivity index (χ0v) is 10.3. The Morgan fingerprint density at radius 1 is 1.47 bits per heavy atom. The van der Waals surface area contributed by atoms with Crippen molar-refractivity contribution in [3.8, 4) is 5.75 Å². The molecule has 1 aromatic carbocycles. The fourth-order valence-corrected chi connectivity index (χ4v) is 1.03. The predicted octanol–water partition coefficient (Wildman–Crippen LogP) is 2.19. The van der Waals surface area contributed by atoms with E-state index in [4.69, 9.17) is 4.74 Å². The number of carbonyl (C=O) groups is 1. The maximum absolute atomic E-state index is 11.4. The van der Waals surface area contributed by atoms with Crippen LogP contribution in [0.1, 0.15) is 33.0 Å². The van der Waals surface area contributed by atoms with Crippen molar-refractivity contribution in [2.45, 2.75) is 19.8 Å². The molecule has 3 nitrogen and oxygen atoms in total. The van der Waals surface area contributed by atoms with Gasteiger partial charge in [-0.3, -0.25) is 0 Å². The molecule has 4 heteroatoms. The summed E-state index contributed by atoms with van der Waals surface area (Å²) in [5.74, 6) is -0.495. The van der Waals surface area contributed by atoms with Crippen LogP contribution in [0.2, 0.25) is 0 Å². The minimum Gasteiger partial charge on any atom is -1.00 e. The summed E-state index contributed by atoms with van der Waals surface area (Å²) in [6, 6.07) is 6.37. The van der Waals surface area contributed by atoms with Crippen molar-refractivity contribution in [2.24, 2.45) is 0 Å². The summed E-state index contributed by atoms with van der Waals surface area (Å²) >= 11 is 0. The first-order chi connectivity index (χ1) is 6.75. The molecule has 1 N–H and O–H groups in total. The maximum Gasteiger partial charge on any atom is 2.00 e. The third-order valence-electron chi connectivity index (χ3n) is 1.86. The van der Waals surface area contributed by atoms with Gasteiger partial charge in [-0.2, -0.15) is 0 Å². The van der Waals surface area contributed by atoms with E-state index in [1.807, 2.05) is 6.92 Å². The number of hydrogen-bond donors (Lipinski definition) is 1. The average Bonchev–Trinajstić information content (AvgIpc) is 2.18. The summed E-state index contributed by atoms with van der Waals surface area (Å²) in [7, 11) is 0. The van der Waals surface area contributed by atoms with Gasteiger partial charge in [0.05, 0.1) is 6.61 Å². The van der Waals surface area contributed by atoms with E-state index in [1.54, 1.807) is 18.2 Å². The number of esters is 1. The maximum atomic E-state index is 11.4. The largest absolute Gasteiger partial charge is 2.00 e. The van der Waals surface area contributed by atoms with Crippen LogP contribution in [-0.2, 0) is 4.74 Å². The molecule has 0 fully saturated rings. The van der Waals surface area contributed by atoms with Crippen molar-refractivity contribution in [3.05, 3.63) is 29.8 Å². The van der Waals surface area contributed by atoms with Crippen LogP contribution < -0.4 is 0 Å². The van der Waals surface area contributed by atoms with E-state index in [0.717, 1.165) is 12.8 Å². The third kappa shape index (κ3) is 4.53. The van der Waals surface area contributed by atoms with E-state index in [-0.39, 0.29) is 37.2 Å². The van der Waals surface area contributed by atoms with Crippen LogP contribution in [-0.4, -0.2) is 40.7 Å². The van der Waals surface area contributed by atoms with Crippen molar-refractivity contribution >= 4 is 29.0 Å². The first-order valence-corrected chi connectivity index (χ1v) is 4.70. The zero-order chi connectivity index (χ0) is 10.4. The van der Waals surface area contributed by atoms with E-state index in [0.29, 0.717) is 6.61 Å². The summed E-state index contributed by atoms with van der Waals surface area (Å²) in [6.45, 7) is 2.43. The van der Waals surface area contributed by atoms with Crippen molar-refractivity contribution in [3.63, 3.8) is 0 Å². The first-order valence-electron chi connectivity index (χ1n) is 4.70. The summed E-state index contributed by atoms with van der Waals surface area (Å²) in [4.78, 5) is 11.4. The van der Waals surface area contributed by atoms with E-state index >= 15 is 0 Å². The first kappa shape index (κ1) is 14.3. The normalized spacial score (nSPS) is 9.13. The monoisotopic (exact) mass is 220 g/mol. The average molecular weight is 221 g/mol. The molecular formula is C11H16MgO3. The standard InChI is InChI=1S/C11H14O3.Mg.2H/c1-2-3-8-14-11(13)9-6-4-5-7-10(9)12;;;/h4-7,12H,2-3,8H2,1H3;;;/q;+2;2*-1. The van der Waals surface area contributed by atoms with Gasteiger partial charge in [0, 0.05) is 0 Å². The second-order valence-corrected chi connectivity index (χ2v) is 3.01. The number of phenols is 1. The van der Waals surface area contributed by atoms with Crippen molar-refractivity contribution in [1.82, 2.24) is 0 Å². The Bertz CT molecular complexity index is 321. The van der Waals surface area contributed by atoms with Gasteiger partial charge >= 0.3 is 29.0 Å². The molecule has 0 aliphatic rings. The van der Waals surface area contributed by atoms with E-state index in [1.165, 1.54) is 6.07 Å². The Hall–Kier alpha value is -0.744. The molecule has 15 heavy (non-hydrogen) atoms. The van der Waals surface area contributed by atoms with E-state index in [9.17, 15) is 9.90 Å². The molecule has 80 valence electrons. The summed E-state index contributed by atoms with van der Waals surface area (Å²) in [6.07, 6.45) is 1.83. The van der Waals surface area contributed by atoms with Crippen LogP contribution >= 0.6 is 0 Å². The molecule has 0 aliphatic heterocycles. The number of para-hydroxylation sites is 1. The molecule has 0 saturated heterocycles. The van der Waals surface area contributed by atoms with Crippen molar-refractivity contribution in [2.75, 3.05) is 6.61 Å². The third-order valence-corrected chi connectivity index (χ3v) is 1.86. The zero-order valence-electron chi connectivity index (χ0n) is 10.9. The molecule has 1 aromatic rings. The fourth-order valence-electron chi connectivity index (χ4n) is 1.03. The summed E-state index contributed by atoms with van der Waals surface area (Å²) < 4.78 is 4.95. The van der Waals surface area contributed by atoms with Gasteiger partial charge < -0.3 is 12.7 Å². The van der Waals surface area contributed by atoms with Gasteiger partial charge in [0.25, 0.3) is 0 Å². The molecule has 0 saturated carbocycles. The van der Waals surface area contributed by atoms with Crippen LogP contribution in [0.25, 0.3) is 0 Å². The van der Waals surface area contributed by atoms with Gasteiger partial charge in [-0.1, -0.05) is 25.5 Å². The number of benzene rings is 1. The van der Waals surface area contributed by atoms with Crippen LogP contribution in [0.4, 0.5) is 0 Å². The van der Waals surface area contributed by atoms with Crippen molar-refractivity contribution in [1.29, 1.82) is 0 Å². The summed E-state index contributed by atoms with van der Waals surface area (Å²) in [5.41, 5.74) is 0.226. The predicted molar refractivity (Wildman–Crippen MR) is 61.3 cm³/mol. The van der Waals surface area contributed by atoms with E-state index in [2.05, 4.69) is 0 Å². The Labute approximate surface area is 109 Å². The number of ether oxygens (including phenoxy) is 1. The summed E-state index contributed by atoms with van der Waals surface area (Å²) in [5, 5.41) is 9.34. The molecule has 0 spiro atoms. The Kier molecular flexibility index (Phi) is 7.16. The second-order valence-electron chi connectivity index (χ2n) is 3.01. The number of phenolic OH excluding ortho intramolecular Hbond substituents is 1.